The predicted molar refractivity (Wildman–Crippen MR) is 61.8 cm³/mol. The number of amides is 1. The third kappa shape index (κ3) is 2.67. The molecule has 1 heterocycles. The summed E-state index contributed by atoms with van der Waals surface area (Å²) in [5, 5.41) is 23.6. The van der Waals surface area contributed by atoms with Gasteiger partial charge in [0.1, 0.15) is 11.3 Å². The minimum atomic E-state index is -1.23. The summed E-state index contributed by atoms with van der Waals surface area (Å²) in [5.74, 6) is -1.73. The zero-order valence-corrected chi connectivity index (χ0v) is 9.23. The number of rotatable bonds is 3. The van der Waals surface area contributed by atoms with Crippen molar-refractivity contribution in [3.63, 3.8) is 0 Å². The van der Waals surface area contributed by atoms with Crippen LogP contribution in [0.1, 0.15) is 10.4 Å². The lowest BCUT2D eigenvalue weighted by Crippen LogP contribution is -2.63. The van der Waals surface area contributed by atoms with E-state index in [-0.39, 0.29) is 23.8 Å². The largest absolute Gasteiger partial charge is 0.507 e. The topological polar surface area (TPSA) is 123 Å². The summed E-state index contributed by atoms with van der Waals surface area (Å²) < 4.78 is 0. The molecule has 0 aliphatic carbocycles. The van der Waals surface area contributed by atoms with Gasteiger partial charge in [-0.05, 0) is 18.2 Å². The smallest absolute Gasteiger partial charge is 0.339 e. The number of phenols is 1. The molecule has 0 radical (unpaired) electrons. The van der Waals surface area contributed by atoms with Crippen LogP contribution in [0, 0.1) is 0 Å². The van der Waals surface area contributed by atoms with E-state index in [0.29, 0.717) is 5.69 Å². The quantitative estimate of drug-likeness (QED) is 0.382. The maximum atomic E-state index is 11.1. The Balaban J connectivity index is 2.11. The van der Waals surface area contributed by atoms with E-state index in [1.54, 1.807) is 0 Å². The summed E-state index contributed by atoms with van der Waals surface area (Å²) in [6.45, 7) is 0.161. The van der Waals surface area contributed by atoms with Crippen LogP contribution < -0.4 is 21.5 Å². The first-order valence-electron chi connectivity index (χ1n) is 5.17. The highest BCUT2D eigenvalue weighted by molar-refractivity contribution is 5.92. The number of carbonyl (C=O) groups excluding carboxylic acids is 1. The van der Waals surface area contributed by atoms with Gasteiger partial charge in [0.05, 0.1) is 6.54 Å². The first-order chi connectivity index (χ1) is 8.56. The van der Waals surface area contributed by atoms with E-state index in [0.717, 1.165) is 0 Å². The molecule has 1 aliphatic heterocycles. The number of carboxylic acids is 1. The molecular formula is C10H12N4O4. The monoisotopic (exact) mass is 252 g/mol. The number of carbonyl (C=O) groups is 2. The minimum absolute atomic E-state index is 0.161. The number of hydrazine groups is 1. The Hall–Kier alpha value is -2.32. The van der Waals surface area contributed by atoms with Crippen LogP contribution in [-0.4, -0.2) is 34.9 Å². The third-order valence-corrected chi connectivity index (χ3v) is 2.34. The zero-order valence-electron chi connectivity index (χ0n) is 9.23. The van der Waals surface area contributed by atoms with Gasteiger partial charge in [0.2, 0.25) is 5.91 Å². The van der Waals surface area contributed by atoms with Gasteiger partial charge in [-0.15, -0.1) is 0 Å². The molecule has 1 atom stereocenters. The van der Waals surface area contributed by atoms with E-state index in [1.165, 1.54) is 18.2 Å². The van der Waals surface area contributed by atoms with Gasteiger partial charge in [-0.1, -0.05) is 0 Å². The van der Waals surface area contributed by atoms with Crippen LogP contribution in [0.3, 0.4) is 0 Å². The van der Waals surface area contributed by atoms with Gasteiger partial charge in [-0.3, -0.25) is 4.79 Å². The number of aromatic carboxylic acids is 1. The molecule has 1 amide bonds. The molecule has 18 heavy (non-hydrogen) atoms. The molecule has 0 saturated carbocycles. The number of hydrogen-bond acceptors (Lipinski definition) is 6. The van der Waals surface area contributed by atoms with Crippen LogP contribution in [-0.2, 0) is 4.79 Å². The number of aromatic hydroxyl groups is 1. The van der Waals surface area contributed by atoms with Crippen LogP contribution in [0.4, 0.5) is 5.69 Å². The van der Waals surface area contributed by atoms with Crippen molar-refractivity contribution in [2.24, 2.45) is 0 Å². The normalized spacial score (nSPS) is 19.1. The third-order valence-electron chi connectivity index (χ3n) is 2.34. The highest BCUT2D eigenvalue weighted by atomic mass is 16.4. The molecule has 1 saturated heterocycles. The fourth-order valence-electron chi connectivity index (χ4n) is 1.52. The van der Waals surface area contributed by atoms with Gasteiger partial charge < -0.3 is 20.8 Å². The van der Waals surface area contributed by atoms with Crippen molar-refractivity contribution in [3.8, 4) is 5.75 Å². The van der Waals surface area contributed by atoms with Crippen molar-refractivity contribution in [3.05, 3.63) is 23.8 Å². The van der Waals surface area contributed by atoms with Crippen molar-refractivity contribution < 1.29 is 19.8 Å². The van der Waals surface area contributed by atoms with Gasteiger partial charge in [0, 0.05) is 5.69 Å². The van der Waals surface area contributed by atoms with Gasteiger partial charge in [0.25, 0.3) is 0 Å². The van der Waals surface area contributed by atoms with Crippen LogP contribution in [0.25, 0.3) is 0 Å². The Morgan fingerprint density at radius 1 is 1.44 bits per heavy atom. The van der Waals surface area contributed by atoms with Crippen molar-refractivity contribution in [2.45, 2.75) is 6.29 Å². The second-order valence-electron chi connectivity index (χ2n) is 3.68. The van der Waals surface area contributed by atoms with Crippen molar-refractivity contribution >= 4 is 17.6 Å². The fraction of sp³-hybridized carbons (Fsp3) is 0.200. The van der Waals surface area contributed by atoms with E-state index < -0.39 is 12.3 Å². The second kappa shape index (κ2) is 4.90. The summed E-state index contributed by atoms with van der Waals surface area (Å²) in [7, 11) is 0. The van der Waals surface area contributed by atoms with Crippen molar-refractivity contribution in [2.75, 3.05) is 11.9 Å². The minimum Gasteiger partial charge on any atom is -0.507 e. The molecule has 1 aliphatic rings. The van der Waals surface area contributed by atoms with Crippen molar-refractivity contribution in [1.82, 2.24) is 16.2 Å². The van der Waals surface area contributed by atoms with Crippen LogP contribution in [0.5, 0.6) is 5.75 Å². The molecule has 1 aromatic carbocycles. The molecule has 0 bridgehead atoms. The fourth-order valence-corrected chi connectivity index (χ4v) is 1.52. The number of carboxylic acid groups (broad SMARTS) is 1. The highest BCUT2D eigenvalue weighted by Crippen LogP contribution is 2.21. The Kier molecular flexibility index (Phi) is 3.31. The SMILES string of the molecule is O=C1CNNC(Nc2ccc(O)c(C(=O)O)c2)N1. The molecule has 1 fully saturated rings. The van der Waals surface area contributed by atoms with E-state index in [9.17, 15) is 14.7 Å². The zero-order chi connectivity index (χ0) is 13.1. The number of anilines is 1. The second-order valence-corrected chi connectivity index (χ2v) is 3.68. The predicted octanol–water partition coefficient (Wildman–Crippen LogP) is -0.990. The van der Waals surface area contributed by atoms with Gasteiger partial charge in [-0.25, -0.2) is 15.6 Å². The Bertz CT molecular complexity index is 491. The number of benzene rings is 1. The average molecular weight is 252 g/mol. The van der Waals surface area contributed by atoms with E-state index in [1.807, 2.05) is 0 Å². The lowest BCUT2D eigenvalue weighted by atomic mass is 10.2. The summed E-state index contributed by atoms with van der Waals surface area (Å²) in [6.07, 6.45) is -0.558. The summed E-state index contributed by atoms with van der Waals surface area (Å²) in [4.78, 5) is 21.9. The molecule has 8 heteroatoms. The Morgan fingerprint density at radius 3 is 2.89 bits per heavy atom. The molecule has 1 aromatic rings. The Labute approximate surface area is 102 Å². The van der Waals surface area contributed by atoms with E-state index in [4.69, 9.17) is 5.11 Å². The molecular weight excluding hydrogens is 240 g/mol. The first kappa shape index (κ1) is 12.1. The van der Waals surface area contributed by atoms with E-state index in [2.05, 4.69) is 21.5 Å². The Morgan fingerprint density at radius 2 is 2.22 bits per heavy atom. The number of hydrogen-bond donors (Lipinski definition) is 6. The summed E-state index contributed by atoms with van der Waals surface area (Å²) in [6, 6.07) is 4.05. The van der Waals surface area contributed by atoms with Gasteiger partial charge >= 0.3 is 5.97 Å². The van der Waals surface area contributed by atoms with Gasteiger partial charge in [-0.2, -0.15) is 0 Å². The van der Waals surface area contributed by atoms with Crippen molar-refractivity contribution in [1.29, 1.82) is 0 Å². The first-order valence-corrected chi connectivity index (χ1v) is 5.17. The summed E-state index contributed by atoms with van der Waals surface area (Å²) >= 11 is 0. The van der Waals surface area contributed by atoms with Crippen LogP contribution in [0.15, 0.2) is 18.2 Å². The molecule has 96 valence electrons. The number of nitrogens with one attached hydrogen (secondary N) is 4. The molecule has 0 aromatic heterocycles. The molecule has 2 rings (SSSR count). The van der Waals surface area contributed by atoms with Gasteiger partial charge in [0.15, 0.2) is 6.29 Å². The maximum absolute atomic E-state index is 11.1. The van der Waals surface area contributed by atoms with Crippen LogP contribution in [0.2, 0.25) is 0 Å². The lowest BCUT2D eigenvalue weighted by molar-refractivity contribution is -0.122. The molecule has 8 nitrogen and oxygen atoms in total. The lowest BCUT2D eigenvalue weighted by Gasteiger charge is -2.27. The molecule has 0 spiro atoms. The van der Waals surface area contributed by atoms with Crippen LogP contribution >= 0.6 is 0 Å². The standard InChI is InChI=1S/C10H12N4O4/c15-7-2-1-5(3-6(7)9(17)18)12-10-13-8(16)4-11-14-10/h1-3,10-12,14-15H,4H2,(H,13,16)(H,17,18). The maximum Gasteiger partial charge on any atom is 0.339 e. The molecule has 1 unspecified atom stereocenters. The summed E-state index contributed by atoms with van der Waals surface area (Å²) in [5.41, 5.74) is 5.66. The average Bonchev–Trinajstić information content (AvgIpc) is 2.31. The molecule has 6 N–H and O–H groups in total. The highest BCUT2D eigenvalue weighted by Gasteiger charge is 2.17. The van der Waals surface area contributed by atoms with E-state index >= 15 is 0 Å².